The second kappa shape index (κ2) is 5.44. The van der Waals surface area contributed by atoms with E-state index in [4.69, 9.17) is 0 Å². The van der Waals surface area contributed by atoms with Crippen LogP contribution < -0.4 is 0 Å². The molecule has 1 aromatic rings. The Bertz CT molecular complexity index is 528. The lowest BCUT2D eigenvalue weighted by Crippen LogP contribution is -2.32. The van der Waals surface area contributed by atoms with Crippen LogP contribution in [0.4, 0.5) is 0 Å². The summed E-state index contributed by atoms with van der Waals surface area (Å²) in [5.74, 6) is 0.495. The third-order valence-electron chi connectivity index (χ3n) is 4.68. The molecule has 2 atom stereocenters. The molecular formula is C17H22O2S. The van der Waals surface area contributed by atoms with E-state index in [1.165, 1.54) is 11.1 Å². The van der Waals surface area contributed by atoms with Crippen LogP contribution in [0.1, 0.15) is 42.4 Å². The van der Waals surface area contributed by atoms with Gasteiger partial charge in [-0.3, -0.25) is 9.00 Å². The maximum Gasteiger partial charge on any atom is 0.140 e. The molecule has 3 rings (SSSR count). The van der Waals surface area contributed by atoms with Crippen LogP contribution in [0.3, 0.4) is 0 Å². The monoisotopic (exact) mass is 290 g/mol. The smallest absolute Gasteiger partial charge is 0.140 e. The molecule has 0 aromatic heterocycles. The van der Waals surface area contributed by atoms with Gasteiger partial charge in [-0.05, 0) is 45.1 Å². The first-order valence-electron chi connectivity index (χ1n) is 7.52. The van der Waals surface area contributed by atoms with E-state index in [1.807, 2.05) is 0 Å². The number of ketones is 1. The van der Waals surface area contributed by atoms with E-state index < -0.39 is 10.8 Å². The maximum absolute atomic E-state index is 12.5. The molecule has 2 unspecified atom stereocenters. The summed E-state index contributed by atoms with van der Waals surface area (Å²) < 4.78 is 12.0. The first kappa shape index (κ1) is 14.0. The molecule has 2 aliphatic rings. The molecule has 1 aromatic carbocycles. The van der Waals surface area contributed by atoms with E-state index in [0.29, 0.717) is 22.7 Å². The van der Waals surface area contributed by atoms with E-state index >= 15 is 0 Å². The lowest BCUT2D eigenvalue weighted by atomic mass is 9.90. The second-order valence-corrected chi connectivity index (χ2v) is 8.45. The van der Waals surface area contributed by atoms with Gasteiger partial charge in [0.25, 0.3) is 0 Å². The van der Waals surface area contributed by atoms with Gasteiger partial charge >= 0.3 is 0 Å². The number of hydrogen-bond donors (Lipinski definition) is 0. The average molecular weight is 290 g/mol. The topological polar surface area (TPSA) is 34.1 Å². The molecule has 0 amide bonds. The first-order valence-corrected chi connectivity index (χ1v) is 8.80. The number of fused-ring (bicyclic) bond motifs is 2. The zero-order valence-electron chi connectivity index (χ0n) is 12.2. The first-order chi connectivity index (χ1) is 9.52. The van der Waals surface area contributed by atoms with Crippen LogP contribution in [0.5, 0.6) is 0 Å². The molecule has 108 valence electrons. The highest BCUT2D eigenvalue weighted by molar-refractivity contribution is 7.86. The maximum atomic E-state index is 12.5. The Morgan fingerprint density at radius 2 is 1.65 bits per heavy atom. The number of carbonyl (C=O) groups excluding carboxylic acids is 1. The normalized spacial score (nSPS) is 32.3. The number of hydrogen-bond acceptors (Lipinski definition) is 2. The summed E-state index contributed by atoms with van der Waals surface area (Å²) in [7, 11) is -0.662. The van der Waals surface area contributed by atoms with Crippen molar-refractivity contribution in [3.8, 4) is 0 Å². The number of Topliss-reactive ketones (excluding diaryl/α,β-unsaturated/α-hetero) is 1. The van der Waals surface area contributed by atoms with Gasteiger partial charge in [0, 0.05) is 33.6 Å². The van der Waals surface area contributed by atoms with Gasteiger partial charge < -0.3 is 0 Å². The fourth-order valence-corrected chi connectivity index (χ4v) is 5.94. The van der Waals surface area contributed by atoms with E-state index in [1.54, 1.807) is 0 Å². The minimum atomic E-state index is -0.662. The van der Waals surface area contributed by atoms with Crippen LogP contribution in [0.25, 0.3) is 0 Å². The minimum absolute atomic E-state index is 0.144. The molecule has 0 saturated carbocycles. The largest absolute Gasteiger partial charge is 0.299 e. The lowest BCUT2D eigenvalue weighted by molar-refractivity contribution is -0.122. The van der Waals surface area contributed by atoms with Crippen molar-refractivity contribution in [3.63, 3.8) is 0 Å². The third kappa shape index (κ3) is 2.73. The Labute approximate surface area is 123 Å². The summed E-state index contributed by atoms with van der Waals surface area (Å²) in [6.45, 7) is 4.15. The molecular weight excluding hydrogens is 268 g/mol. The Balaban J connectivity index is 1.69. The lowest BCUT2D eigenvalue weighted by Gasteiger charge is -2.26. The van der Waals surface area contributed by atoms with Crippen LogP contribution in [-0.2, 0) is 22.0 Å². The number of aryl methyl sites for hydroxylation is 2. The van der Waals surface area contributed by atoms with Crippen molar-refractivity contribution in [1.82, 2.24) is 0 Å². The molecule has 2 bridgehead atoms. The van der Waals surface area contributed by atoms with E-state index in [9.17, 15) is 9.00 Å². The number of carbonyl (C=O) groups is 1. The highest BCUT2D eigenvalue weighted by Gasteiger charge is 2.42. The van der Waals surface area contributed by atoms with Gasteiger partial charge in [0.05, 0.1) is 0 Å². The van der Waals surface area contributed by atoms with Crippen molar-refractivity contribution in [1.29, 1.82) is 0 Å². The van der Waals surface area contributed by atoms with Gasteiger partial charge in [0.15, 0.2) is 0 Å². The molecule has 2 saturated heterocycles. The fraction of sp³-hybridized carbons (Fsp3) is 0.588. The zero-order valence-corrected chi connectivity index (χ0v) is 13.0. The number of rotatable bonds is 3. The summed E-state index contributed by atoms with van der Waals surface area (Å²) in [6, 6.07) is 6.36. The average Bonchev–Trinajstić information content (AvgIpc) is 2.61. The highest BCUT2D eigenvalue weighted by Crippen LogP contribution is 2.39. The van der Waals surface area contributed by atoms with Gasteiger partial charge in [0.1, 0.15) is 5.78 Å². The van der Waals surface area contributed by atoms with Crippen LogP contribution in [0.2, 0.25) is 0 Å². The summed E-state index contributed by atoms with van der Waals surface area (Å²) in [5, 5.41) is 0.587. The summed E-state index contributed by atoms with van der Waals surface area (Å²) >= 11 is 0. The Morgan fingerprint density at radius 3 is 2.20 bits per heavy atom. The Hall–Kier alpha value is -0.960. The van der Waals surface area contributed by atoms with Crippen molar-refractivity contribution < 1.29 is 9.00 Å². The van der Waals surface area contributed by atoms with Crippen LogP contribution in [0, 0.1) is 19.8 Å². The third-order valence-corrected chi connectivity index (χ3v) is 6.85. The SMILES string of the molecule is Cc1cc(C)cc(CC(=O)C2CC3CCC(C2)S3=O)c1. The van der Waals surface area contributed by atoms with E-state index in [0.717, 1.165) is 31.2 Å². The van der Waals surface area contributed by atoms with E-state index in [-0.39, 0.29) is 5.92 Å². The Kier molecular flexibility index (Phi) is 3.80. The van der Waals surface area contributed by atoms with Crippen LogP contribution in [-0.4, -0.2) is 20.5 Å². The Morgan fingerprint density at radius 1 is 1.10 bits per heavy atom. The molecule has 2 fully saturated rings. The van der Waals surface area contributed by atoms with E-state index in [2.05, 4.69) is 32.0 Å². The molecule has 2 aliphatic heterocycles. The molecule has 20 heavy (non-hydrogen) atoms. The van der Waals surface area contributed by atoms with Gasteiger partial charge in [0.2, 0.25) is 0 Å². The van der Waals surface area contributed by atoms with Crippen molar-refractivity contribution in [2.24, 2.45) is 5.92 Å². The zero-order chi connectivity index (χ0) is 14.3. The molecule has 0 aliphatic carbocycles. The molecule has 3 heteroatoms. The van der Waals surface area contributed by atoms with Crippen LogP contribution in [0.15, 0.2) is 18.2 Å². The number of benzene rings is 1. The van der Waals surface area contributed by atoms with Gasteiger partial charge in [-0.15, -0.1) is 0 Å². The minimum Gasteiger partial charge on any atom is -0.299 e. The standard InChI is InChI=1S/C17H22O2S/c1-11-5-12(2)7-13(6-11)8-17(18)14-9-15-3-4-16(10-14)20(15)19/h5-7,14-16H,3-4,8-10H2,1-2H3. The summed E-state index contributed by atoms with van der Waals surface area (Å²) in [4.78, 5) is 12.5. The van der Waals surface area contributed by atoms with Crippen molar-refractivity contribution in [3.05, 3.63) is 34.9 Å². The molecule has 0 N–H and O–H groups in total. The molecule has 0 spiro atoms. The van der Waals surface area contributed by atoms with Crippen molar-refractivity contribution in [2.45, 2.75) is 56.5 Å². The molecule has 2 heterocycles. The second-order valence-electron chi connectivity index (χ2n) is 6.46. The summed E-state index contributed by atoms with van der Waals surface area (Å²) in [5.41, 5.74) is 3.57. The molecule has 2 nitrogen and oxygen atoms in total. The quantitative estimate of drug-likeness (QED) is 0.857. The summed E-state index contributed by atoms with van der Waals surface area (Å²) in [6.07, 6.45) is 4.37. The predicted octanol–water partition coefficient (Wildman–Crippen LogP) is 3.10. The van der Waals surface area contributed by atoms with Crippen molar-refractivity contribution >= 4 is 16.6 Å². The molecule has 0 radical (unpaired) electrons. The predicted molar refractivity (Wildman–Crippen MR) is 82.3 cm³/mol. The van der Waals surface area contributed by atoms with Gasteiger partial charge in [-0.25, -0.2) is 0 Å². The van der Waals surface area contributed by atoms with Gasteiger partial charge in [-0.2, -0.15) is 0 Å². The van der Waals surface area contributed by atoms with Crippen LogP contribution >= 0.6 is 0 Å². The highest BCUT2D eigenvalue weighted by atomic mass is 32.2. The van der Waals surface area contributed by atoms with Crippen molar-refractivity contribution in [2.75, 3.05) is 0 Å². The fourth-order valence-electron chi connectivity index (χ4n) is 3.81. The van der Waals surface area contributed by atoms with Gasteiger partial charge in [-0.1, -0.05) is 29.3 Å².